The van der Waals surface area contributed by atoms with Crippen molar-refractivity contribution in [3.8, 4) is 11.3 Å². The van der Waals surface area contributed by atoms with Gasteiger partial charge in [-0.05, 0) is 60.2 Å². The van der Waals surface area contributed by atoms with Crippen LogP contribution < -0.4 is 5.32 Å². The second kappa shape index (κ2) is 9.12. The molecule has 0 bridgehead atoms. The van der Waals surface area contributed by atoms with Gasteiger partial charge in [0, 0.05) is 46.6 Å². The molecule has 6 heteroatoms. The highest BCUT2D eigenvalue weighted by Crippen LogP contribution is 2.23. The molecule has 1 amide bonds. The monoisotopic (exact) mass is 398 g/mol. The molecule has 0 saturated carbocycles. The van der Waals surface area contributed by atoms with E-state index in [1.807, 2.05) is 66.9 Å². The molecule has 0 atom stereocenters. The molecule has 0 spiro atoms. The van der Waals surface area contributed by atoms with Crippen molar-refractivity contribution in [1.82, 2.24) is 15.0 Å². The molecule has 0 fully saturated rings. The zero-order valence-electron chi connectivity index (χ0n) is 15.5. The maximum absolute atomic E-state index is 12.5. The Kier molecular flexibility index (Phi) is 5.92. The van der Waals surface area contributed by atoms with Gasteiger partial charge in [-0.1, -0.05) is 12.1 Å². The predicted molar refractivity (Wildman–Crippen MR) is 116 cm³/mol. The third kappa shape index (κ3) is 5.06. The van der Waals surface area contributed by atoms with Crippen LogP contribution in [0, 0.1) is 0 Å². The number of carbonyl (C=O) groups is 1. The molecule has 0 aliphatic carbocycles. The lowest BCUT2D eigenvalue weighted by Gasteiger charge is -2.07. The summed E-state index contributed by atoms with van der Waals surface area (Å²) >= 11 is 1.71. The van der Waals surface area contributed by atoms with Crippen LogP contribution in [-0.2, 0) is 5.75 Å². The summed E-state index contributed by atoms with van der Waals surface area (Å²) in [5.74, 6) is 1.16. The highest BCUT2D eigenvalue weighted by atomic mass is 32.2. The molecule has 1 N–H and O–H groups in total. The number of carbonyl (C=O) groups excluding carboxylic acids is 1. The fraction of sp³-hybridized carbons (Fsp3) is 0.0435. The molecule has 5 nitrogen and oxygen atoms in total. The number of anilines is 1. The van der Waals surface area contributed by atoms with Crippen molar-refractivity contribution in [3.05, 3.63) is 103 Å². The van der Waals surface area contributed by atoms with E-state index in [2.05, 4.69) is 20.3 Å². The van der Waals surface area contributed by atoms with E-state index in [9.17, 15) is 4.79 Å². The number of thioether (sulfide) groups is 1. The molecule has 3 aromatic heterocycles. The van der Waals surface area contributed by atoms with Gasteiger partial charge in [0.05, 0.1) is 5.69 Å². The minimum atomic E-state index is -0.188. The van der Waals surface area contributed by atoms with Crippen molar-refractivity contribution < 1.29 is 4.79 Å². The van der Waals surface area contributed by atoms with Crippen LogP contribution in [0.3, 0.4) is 0 Å². The van der Waals surface area contributed by atoms with Gasteiger partial charge in [0.25, 0.3) is 5.91 Å². The maximum atomic E-state index is 12.5. The summed E-state index contributed by atoms with van der Waals surface area (Å²) in [6.45, 7) is 0. The number of nitrogens with zero attached hydrogens (tertiary/aromatic N) is 3. The van der Waals surface area contributed by atoms with Crippen LogP contribution in [0.4, 0.5) is 5.82 Å². The summed E-state index contributed by atoms with van der Waals surface area (Å²) in [7, 11) is 0. The van der Waals surface area contributed by atoms with Crippen molar-refractivity contribution in [2.45, 2.75) is 10.6 Å². The quantitative estimate of drug-likeness (QED) is 0.459. The van der Waals surface area contributed by atoms with Crippen LogP contribution in [-0.4, -0.2) is 20.9 Å². The molecular weight excluding hydrogens is 380 g/mol. The van der Waals surface area contributed by atoms with E-state index >= 15 is 0 Å². The predicted octanol–water partition coefficient (Wildman–Crippen LogP) is 5.08. The third-order valence-electron chi connectivity index (χ3n) is 4.21. The summed E-state index contributed by atoms with van der Waals surface area (Å²) in [5.41, 5.74) is 3.50. The number of pyridine rings is 3. The van der Waals surface area contributed by atoms with Crippen molar-refractivity contribution in [2.75, 3.05) is 5.32 Å². The normalized spacial score (nSPS) is 10.5. The van der Waals surface area contributed by atoms with Gasteiger partial charge in [-0.2, -0.15) is 0 Å². The van der Waals surface area contributed by atoms with Crippen LogP contribution >= 0.6 is 11.8 Å². The van der Waals surface area contributed by atoms with Gasteiger partial charge in [-0.15, -0.1) is 11.8 Å². The molecule has 142 valence electrons. The van der Waals surface area contributed by atoms with Gasteiger partial charge in [-0.3, -0.25) is 14.8 Å². The highest BCUT2D eigenvalue weighted by molar-refractivity contribution is 7.98. The van der Waals surface area contributed by atoms with Gasteiger partial charge in [0.15, 0.2) is 0 Å². The van der Waals surface area contributed by atoms with Crippen molar-refractivity contribution in [1.29, 1.82) is 0 Å². The molecule has 0 unspecified atom stereocenters. The fourth-order valence-electron chi connectivity index (χ4n) is 2.69. The van der Waals surface area contributed by atoms with E-state index in [0.717, 1.165) is 21.9 Å². The zero-order chi connectivity index (χ0) is 19.9. The summed E-state index contributed by atoms with van der Waals surface area (Å²) in [6, 6.07) is 20.9. The molecule has 1 aromatic carbocycles. The Labute approximate surface area is 173 Å². The molecular formula is C23H18N4OS. The van der Waals surface area contributed by atoms with E-state index in [-0.39, 0.29) is 5.91 Å². The lowest BCUT2D eigenvalue weighted by Crippen LogP contribution is -2.12. The number of hydrogen-bond acceptors (Lipinski definition) is 5. The van der Waals surface area contributed by atoms with Gasteiger partial charge < -0.3 is 5.32 Å². The molecule has 0 radical (unpaired) electrons. The van der Waals surface area contributed by atoms with Gasteiger partial charge >= 0.3 is 0 Å². The van der Waals surface area contributed by atoms with Crippen LogP contribution in [0.15, 0.2) is 96.4 Å². The Morgan fingerprint density at radius 3 is 2.45 bits per heavy atom. The molecule has 0 aliphatic rings. The number of hydrogen-bond donors (Lipinski definition) is 1. The summed E-state index contributed by atoms with van der Waals surface area (Å²) in [6.07, 6.45) is 7.07. The first-order chi connectivity index (χ1) is 14.3. The van der Waals surface area contributed by atoms with E-state index in [1.165, 1.54) is 5.56 Å². The van der Waals surface area contributed by atoms with E-state index in [0.29, 0.717) is 11.4 Å². The Morgan fingerprint density at radius 2 is 1.76 bits per heavy atom. The lowest BCUT2D eigenvalue weighted by atomic mass is 10.2. The topological polar surface area (TPSA) is 67.8 Å². The number of benzene rings is 1. The molecule has 29 heavy (non-hydrogen) atoms. The molecule has 4 rings (SSSR count). The van der Waals surface area contributed by atoms with Crippen molar-refractivity contribution >= 4 is 23.5 Å². The summed E-state index contributed by atoms with van der Waals surface area (Å²) in [5, 5.41) is 2.83. The summed E-state index contributed by atoms with van der Waals surface area (Å²) in [4.78, 5) is 26.3. The van der Waals surface area contributed by atoms with Gasteiger partial charge in [-0.25, -0.2) is 4.98 Å². The first-order valence-corrected chi connectivity index (χ1v) is 10.1. The van der Waals surface area contributed by atoms with E-state index < -0.39 is 0 Å². The first kappa shape index (κ1) is 18.8. The number of rotatable bonds is 6. The van der Waals surface area contributed by atoms with Crippen LogP contribution in [0.5, 0.6) is 0 Å². The number of nitrogens with one attached hydrogen (secondary N) is 1. The second-order valence-electron chi connectivity index (χ2n) is 6.28. The molecule has 3 heterocycles. The second-order valence-corrected chi connectivity index (χ2v) is 7.32. The average Bonchev–Trinajstić information content (AvgIpc) is 2.80. The SMILES string of the molecule is O=C(Nc1ccc(-c2ccccn2)cn1)c1ccc(SCc2cccnc2)cc1. The lowest BCUT2D eigenvalue weighted by molar-refractivity contribution is 0.102. The molecule has 0 aliphatic heterocycles. The van der Waals surface area contributed by atoms with Crippen molar-refractivity contribution in [2.24, 2.45) is 0 Å². The largest absolute Gasteiger partial charge is 0.307 e. The van der Waals surface area contributed by atoms with E-state index in [4.69, 9.17) is 0 Å². The Bertz CT molecular complexity index is 1070. The first-order valence-electron chi connectivity index (χ1n) is 9.08. The van der Waals surface area contributed by atoms with E-state index in [1.54, 1.807) is 36.4 Å². The van der Waals surface area contributed by atoms with Crippen LogP contribution in [0.2, 0.25) is 0 Å². The summed E-state index contributed by atoms with van der Waals surface area (Å²) < 4.78 is 0. The third-order valence-corrected chi connectivity index (χ3v) is 5.29. The molecule has 4 aromatic rings. The molecule has 0 saturated heterocycles. The van der Waals surface area contributed by atoms with Crippen LogP contribution in [0.25, 0.3) is 11.3 Å². The number of aromatic nitrogens is 3. The van der Waals surface area contributed by atoms with Crippen molar-refractivity contribution in [3.63, 3.8) is 0 Å². The Morgan fingerprint density at radius 1 is 0.862 bits per heavy atom. The Hall–Kier alpha value is -3.51. The van der Waals surface area contributed by atoms with Crippen LogP contribution in [0.1, 0.15) is 15.9 Å². The zero-order valence-corrected chi connectivity index (χ0v) is 16.3. The Balaban J connectivity index is 1.36. The highest BCUT2D eigenvalue weighted by Gasteiger charge is 2.08. The van der Waals surface area contributed by atoms with Gasteiger partial charge in [0.1, 0.15) is 5.82 Å². The fourth-order valence-corrected chi connectivity index (χ4v) is 3.53. The average molecular weight is 398 g/mol. The minimum Gasteiger partial charge on any atom is -0.307 e. The minimum absolute atomic E-state index is 0.188. The standard InChI is InChI=1S/C23H18N4OS/c28-23(27-22-11-8-19(15-26-22)21-5-1-2-13-25-21)18-6-9-20(10-7-18)29-16-17-4-3-12-24-14-17/h1-15H,16H2,(H,26,27,28). The smallest absolute Gasteiger partial charge is 0.256 e. The number of amides is 1. The van der Waals surface area contributed by atoms with Gasteiger partial charge in [0.2, 0.25) is 0 Å². The maximum Gasteiger partial charge on any atom is 0.256 e.